The van der Waals surface area contributed by atoms with Crippen molar-refractivity contribution in [2.75, 3.05) is 7.11 Å². The van der Waals surface area contributed by atoms with Gasteiger partial charge in [0.15, 0.2) is 0 Å². The molecule has 0 heterocycles. The van der Waals surface area contributed by atoms with Gasteiger partial charge in [0.05, 0.1) is 19.1 Å². The third-order valence-electron chi connectivity index (χ3n) is 3.16. The number of esters is 1. The van der Waals surface area contributed by atoms with Gasteiger partial charge in [0.25, 0.3) is 5.24 Å². The van der Waals surface area contributed by atoms with Gasteiger partial charge in [-0.3, -0.25) is 9.59 Å². The molecular weight excluding hydrogens is 274 g/mol. The van der Waals surface area contributed by atoms with E-state index >= 15 is 0 Å². The summed E-state index contributed by atoms with van der Waals surface area (Å²) in [6.07, 6.45) is 5.38. The maximum Gasteiger partial charge on any atom is 0.311 e. The second-order valence-corrected chi connectivity index (χ2v) is 5.55. The Morgan fingerprint density at radius 3 is 2.75 bits per heavy atom. The summed E-state index contributed by atoms with van der Waals surface area (Å²) in [4.78, 5) is 24.6. The Bertz CT molecular complexity index is 501. The Balaban J connectivity index is 1.96. The Kier molecular flexibility index (Phi) is 5.24. The molecule has 5 heteroatoms. The summed E-state index contributed by atoms with van der Waals surface area (Å²) in [5.41, 5.74) is 0. The van der Waals surface area contributed by atoms with E-state index in [-0.39, 0.29) is 23.2 Å². The van der Waals surface area contributed by atoms with Gasteiger partial charge < -0.3 is 10.1 Å². The molecule has 1 aromatic carbocycles. The summed E-state index contributed by atoms with van der Waals surface area (Å²) in [5, 5.41) is 2.70. The molecule has 1 aliphatic rings. The highest BCUT2D eigenvalue weighted by atomic mass is 32.2. The van der Waals surface area contributed by atoms with Crippen LogP contribution in [0.15, 0.2) is 47.4 Å². The number of rotatable bonds is 3. The van der Waals surface area contributed by atoms with Crippen LogP contribution in [0, 0.1) is 5.92 Å². The molecular formula is C15H17NO3S. The van der Waals surface area contributed by atoms with E-state index in [1.807, 2.05) is 42.5 Å². The van der Waals surface area contributed by atoms with E-state index < -0.39 is 0 Å². The number of thioether (sulfide) groups is 1. The van der Waals surface area contributed by atoms with Crippen LogP contribution in [0.1, 0.15) is 12.8 Å². The highest BCUT2D eigenvalue weighted by Crippen LogP contribution is 2.23. The standard InChI is InChI=1S/C15H17NO3S/c1-19-14(17)12-9-5-6-10-13(12)16-15(18)20-11-7-3-2-4-8-11/h2-4,6-8,10,12-13H,5,9H2,1H3,(H,16,18). The van der Waals surface area contributed by atoms with E-state index in [1.54, 1.807) is 0 Å². The fourth-order valence-corrected chi connectivity index (χ4v) is 2.86. The van der Waals surface area contributed by atoms with Crippen LogP contribution in [0.5, 0.6) is 0 Å². The molecule has 0 aromatic heterocycles. The molecule has 0 saturated carbocycles. The number of amides is 1. The van der Waals surface area contributed by atoms with Crippen LogP contribution in [-0.2, 0) is 9.53 Å². The lowest BCUT2D eigenvalue weighted by Gasteiger charge is -2.26. The largest absolute Gasteiger partial charge is 0.469 e. The zero-order valence-electron chi connectivity index (χ0n) is 11.2. The van der Waals surface area contributed by atoms with Crippen LogP contribution < -0.4 is 5.32 Å². The normalized spacial score (nSPS) is 21.2. The first-order valence-corrected chi connectivity index (χ1v) is 7.30. The molecule has 0 spiro atoms. The van der Waals surface area contributed by atoms with Crippen LogP contribution in [0.2, 0.25) is 0 Å². The summed E-state index contributed by atoms with van der Waals surface area (Å²) in [6.45, 7) is 0. The van der Waals surface area contributed by atoms with Gasteiger partial charge in [-0.15, -0.1) is 0 Å². The Hall–Kier alpha value is -1.75. The van der Waals surface area contributed by atoms with E-state index in [0.29, 0.717) is 6.42 Å². The van der Waals surface area contributed by atoms with Crippen molar-refractivity contribution in [1.82, 2.24) is 5.32 Å². The molecule has 0 aliphatic heterocycles. The molecule has 1 aliphatic carbocycles. The second kappa shape index (κ2) is 7.14. The quantitative estimate of drug-likeness (QED) is 0.528. The van der Waals surface area contributed by atoms with Crippen LogP contribution in [0.4, 0.5) is 4.79 Å². The molecule has 0 bridgehead atoms. The maximum atomic E-state index is 12.0. The van der Waals surface area contributed by atoms with Gasteiger partial charge in [-0.25, -0.2) is 0 Å². The highest BCUT2D eigenvalue weighted by molar-refractivity contribution is 8.13. The average molecular weight is 291 g/mol. The summed E-state index contributed by atoms with van der Waals surface area (Å²) in [6, 6.07) is 9.12. The first-order valence-electron chi connectivity index (χ1n) is 6.48. The van der Waals surface area contributed by atoms with Gasteiger partial charge in [0.1, 0.15) is 0 Å². The second-order valence-electron chi connectivity index (χ2n) is 4.51. The minimum atomic E-state index is -0.301. The van der Waals surface area contributed by atoms with Gasteiger partial charge in [0.2, 0.25) is 0 Å². The summed E-state index contributed by atoms with van der Waals surface area (Å²) < 4.78 is 4.79. The van der Waals surface area contributed by atoms with E-state index in [4.69, 9.17) is 4.74 Å². The number of hydrogen-bond donors (Lipinski definition) is 1. The van der Waals surface area contributed by atoms with Gasteiger partial charge in [0, 0.05) is 4.90 Å². The number of carbonyl (C=O) groups excluding carboxylic acids is 2. The Labute approximate surface area is 122 Å². The number of allylic oxidation sites excluding steroid dienone is 1. The fraction of sp³-hybridized carbons (Fsp3) is 0.333. The first kappa shape index (κ1) is 14.7. The molecule has 2 rings (SSSR count). The van der Waals surface area contributed by atoms with Crippen LogP contribution in [0.25, 0.3) is 0 Å². The van der Waals surface area contributed by atoms with Crippen molar-refractivity contribution in [1.29, 1.82) is 0 Å². The van der Waals surface area contributed by atoms with Crippen molar-refractivity contribution in [3.63, 3.8) is 0 Å². The van der Waals surface area contributed by atoms with Gasteiger partial charge in [-0.05, 0) is 36.7 Å². The lowest BCUT2D eigenvalue weighted by molar-refractivity contribution is -0.146. The number of methoxy groups -OCH3 is 1. The van der Waals surface area contributed by atoms with Crippen molar-refractivity contribution in [2.45, 2.75) is 23.8 Å². The fourth-order valence-electron chi connectivity index (χ4n) is 2.16. The van der Waals surface area contributed by atoms with E-state index in [2.05, 4.69) is 5.32 Å². The van der Waals surface area contributed by atoms with Crippen molar-refractivity contribution in [2.24, 2.45) is 5.92 Å². The highest BCUT2D eigenvalue weighted by Gasteiger charge is 2.30. The predicted molar refractivity (Wildman–Crippen MR) is 78.5 cm³/mol. The van der Waals surface area contributed by atoms with Crippen molar-refractivity contribution < 1.29 is 14.3 Å². The van der Waals surface area contributed by atoms with Crippen LogP contribution >= 0.6 is 11.8 Å². The van der Waals surface area contributed by atoms with Crippen molar-refractivity contribution in [3.8, 4) is 0 Å². The minimum absolute atomic E-state index is 0.165. The Morgan fingerprint density at radius 2 is 2.05 bits per heavy atom. The third-order valence-corrected chi connectivity index (χ3v) is 3.97. The average Bonchev–Trinajstić information content (AvgIpc) is 2.48. The number of benzene rings is 1. The van der Waals surface area contributed by atoms with Crippen molar-refractivity contribution in [3.05, 3.63) is 42.5 Å². The van der Waals surface area contributed by atoms with Crippen LogP contribution in [0.3, 0.4) is 0 Å². The lowest BCUT2D eigenvalue weighted by atomic mass is 9.90. The predicted octanol–water partition coefficient (Wildman–Crippen LogP) is 3.00. The lowest BCUT2D eigenvalue weighted by Crippen LogP contribution is -2.42. The summed E-state index contributed by atoms with van der Waals surface area (Å²) in [5.74, 6) is -0.574. The van der Waals surface area contributed by atoms with E-state index in [1.165, 1.54) is 7.11 Å². The summed E-state index contributed by atoms with van der Waals surface area (Å²) >= 11 is 1.12. The molecule has 20 heavy (non-hydrogen) atoms. The molecule has 2 atom stereocenters. The summed E-state index contributed by atoms with van der Waals surface area (Å²) in [7, 11) is 1.37. The number of nitrogens with one attached hydrogen (secondary N) is 1. The smallest absolute Gasteiger partial charge is 0.311 e. The number of hydrogen-bond acceptors (Lipinski definition) is 4. The molecule has 1 N–H and O–H groups in total. The zero-order chi connectivity index (χ0) is 14.4. The molecule has 0 fully saturated rings. The maximum absolute atomic E-state index is 12.0. The molecule has 1 amide bonds. The topological polar surface area (TPSA) is 55.4 Å². The molecule has 2 unspecified atom stereocenters. The SMILES string of the molecule is COC(=O)C1CCC=CC1NC(=O)Sc1ccccc1. The number of ether oxygens (including phenoxy) is 1. The van der Waals surface area contributed by atoms with Crippen LogP contribution in [-0.4, -0.2) is 24.4 Å². The molecule has 4 nitrogen and oxygen atoms in total. The van der Waals surface area contributed by atoms with Crippen molar-refractivity contribution >= 4 is 23.0 Å². The van der Waals surface area contributed by atoms with Gasteiger partial charge >= 0.3 is 5.97 Å². The van der Waals surface area contributed by atoms with Gasteiger partial charge in [-0.1, -0.05) is 30.4 Å². The minimum Gasteiger partial charge on any atom is -0.469 e. The molecule has 0 radical (unpaired) electrons. The molecule has 0 saturated heterocycles. The molecule has 106 valence electrons. The van der Waals surface area contributed by atoms with E-state index in [0.717, 1.165) is 23.1 Å². The van der Waals surface area contributed by atoms with Gasteiger partial charge in [-0.2, -0.15) is 0 Å². The van der Waals surface area contributed by atoms with E-state index in [9.17, 15) is 9.59 Å². The zero-order valence-corrected chi connectivity index (χ0v) is 12.1. The Morgan fingerprint density at radius 1 is 1.30 bits per heavy atom. The number of carbonyl (C=O) groups is 2. The third kappa shape index (κ3) is 3.87. The first-order chi connectivity index (χ1) is 9.70. The molecule has 1 aromatic rings. The monoisotopic (exact) mass is 291 g/mol.